The first-order chi connectivity index (χ1) is 7.36. The molecule has 1 unspecified atom stereocenters. The largest absolute Gasteiger partial charge is 0.352 e. The minimum atomic E-state index is 0.270. The second-order valence-corrected chi connectivity index (χ2v) is 4.43. The molecule has 1 atom stereocenters. The first kappa shape index (κ1) is 10.4. The van der Waals surface area contributed by atoms with Crippen LogP contribution in [-0.4, -0.2) is 12.4 Å². The molecule has 1 aromatic rings. The van der Waals surface area contributed by atoms with Gasteiger partial charge in [-0.15, -0.1) is 0 Å². The molecule has 2 nitrogen and oxygen atoms in total. The molecule has 1 aliphatic rings. The zero-order valence-corrected chi connectivity index (χ0v) is 9.94. The van der Waals surface area contributed by atoms with Gasteiger partial charge >= 0.3 is 0 Å². The van der Waals surface area contributed by atoms with Gasteiger partial charge in [-0.2, -0.15) is 0 Å². The molecular weight excluding hydrogens is 252 g/mol. The van der Waals surface area contributed by atoms with E-state index in [1.54, 1.807) is 6.34 Å². The minimum absolute atomic E-state index is 0.270. The Labute approximate surface area is 98.2 Å². The van der Waals surface area contributed by atoms with E-state index in [0.717, 1.165) is 17.3 Å². The Bertz CT molecular complexity index is 370. The van der Waals surface area contributed by atoms with E-state index >= 15 is 0 Å². The molecule has 2 rings (SSSR count). The number of rotatable bonds is 3. The van der Waals surface area contributed by atoms with E-state index in [4.69, 9.17) is 0 Å². The van der Waals surface area contributed by atoms with Crippen LogP contribution in [0.4, 0.5) is 0 Å². The molecule has 78 valence electrons. The van der Waals surface area contributed by atoms with Crippen LogP contribution in [0.3, 0.4) is 0 Å². The Morgan fingerprint density at radius 3 is 2.80 bits per heavy atom. The molecule has 1 N–H and O–H groups in total. The third kappa shape index (κ3) is 2.93. The van der Waals surface area contributed by atoms with Gasteiger partial charge < -0.3 is 5.32 Å². The van der Waals surface area contributed by atoms with Gasteiger partial charge in [-0.25, -0.2) is 0 Å². The number of halogens is 1. The fourth-order valence-electron chi connectivity index (χ4n) is 1.58. The Morgan fingerprint density at radius 1 is 1.27 bits per heavy atom. The summed E-state index contributed by atoms with van der Waals surface area (Å²) in [7, 11) is 0. The van der Waals surface area contributed by atoms with Crippen LogP contribution in [0.5, 0.6) is 0 Å². The predicted molar refractivity (Wildman–Crippen MR) is 67.2 cm³/mol. The van der Waals surface area contributed by atoms with Crippen LogP contribution >= 0.6 is 15.9 Å². The molecule has 0 aliphatic carbocycles. The second kappa shape index (κ2) is 5.12. The molecule has 0 radical (unpaired) electrons. The quantitative estimate of drug-likeness (QED) is 0.892. The number of aryl methyl sites for hydroxylation is 1. The van der Waals surface area contributed by atoms with E-state index in [-0.39, 0.29) is 6.04 Å². The maximum absolute atomic E-state index is 4.37. The van der Waals surface area contributed by atoms with E-state index in [0.29, 0.717) is 0 Å². The average Bonchev–Trinajstić information content (AvgIpc) is 2.29. The van der Waals surface area contributed by atoms with Crippen molar-refractivity contribution >= 4 is 22.3 Å². The van der Waals surface area contributed by atoms with Crippen LogP contribution in [-0.2, 0) is 6.42 Å². The average molecular weight is 265 g/mol. The van der Waals surface area contributed by atoms with Crippen LogP contribution in [0.15, 0.2) is 46.0 Å². The maximum atomic E-state index is 4.37. The fraction of sp³-hybridized carbons (Fsp3) is 0.250. The molecule has 15 heavy (non-hydrogen) atoms. The van der Waals surface area contributed by atoms with Gasteiger partial charge in [0.25, 0.3) is 0 Å². The van der Waals surface area contributed by atoms with Crippen molar-refractivity contribution in [3.8, 4) is 0 Å². The van der Waals surface area contributed by atoms with Crippen LogP contribution in [0.2, 0.25) is 0 Å². The lowest BCUT2D eigenvalue weighted by Gasteiger charge is -2.15. The maximum Gasteiger partial charge on any atom is 0.0871 e. The van der Waals surface area contributed by atoms with Crippen LogP contribution in [0, 0.1) is 0 Å². The van der Waals surface area contributed by atoms with Gasteiger partial charge in [0.2, 0.25) is 0 Å². The third-order valence-electron chi connectivity index (χ3n) is 2.42. The standard InChI is InChI=1S/C12H13BrN2/c13-11-8-14-9-15-12(11)7-6-10-4-2-1-3-5-10/h1-5,8-9,12H,6-7H2,(H,14,15). The number of nitrogens with one attached hydrogen (secondary N) is 1. The summed E-state index contributed by atoms with van der Waals surface area (Å²) in [6.45, 7) is 0. The lowest BCUT2D eigenvalue weighted by Crippen LogP contribution is -2.17. The summed E-state index contributed by atoms with van der Waals surface area (Å²) in [5, 5.41) is 2.96. The van der Waals surface area contributed by atoms with E-state index in [9.17, 15) is 0 Å². The summed E-state index contributed by atoms with van der Waals surface area (Å²) < 4.78 is 1.13. The molecule has 1 aliphatic heterocycles. The van der Waals surface area contributed by atoms with Crippen LogP contribution < -0.4 is 5.32 Å². The van der Waals surface area contributed by atoms with E-state index in [1.807, 2.05) is 12.3 Å². The molecule has 0 fully saturated rings. The van der Waals surface area contributed by atoms with Gasteiger partial charge in [0, 0.05) is 10.7 Å². The van der Waals surface area contributed by atoms with Gasteiger partial charge in [0.1, 0.15) is 0 Å². The lowest BCUT2D eigenvalue weighted by atomic mass is 10.1. The minimum Gasteiger partial charge on any atom is -0.352 e. The molecule has 0 spiro atoms. The van der Waals surface area contributed by atoms with E-state index < -0.39 is 0 Å². The van der Waals surface area contributed by atoms with Crippen molar-refractivity contribution < 1.29 is 0 Å². The smallest absolute Gasteiger partial charge is 0.0871 e. The van der Waals surface area contributed by atoms with E-state index in [1.165, 1.54) is 5.56 Å². The van der Waals surface area contributed by atoms with Crippen molar-refractivity contribution in [2.45, 2.75) is 18.9 Å². The first-order valence-corrected chi connectivity index (χ1v) is 5.83. The molecular formula is C12H13BrN2. The molecule has 0 aromatic heterocycles. The topological polar surface area (TPSA) is 24.4 Å². The highest BCUT2D eigenvalue weighted by molar-refractivity contribution is 9.11. The molecule has 0 saturated carbocycles. The predicted octanol–water partition coefficient (Wildman–Crippen LogP) is 2.86. The fourth-order valence-corrected chi connectivity index (χ4v) is 2.06. The molecule has 0 saturated heterocycles. The van der Waals surface area contributed by atoms with Gasteiger partial charge in [0.15, 0.2) is 0 Å². The van der Waals surface area contributed by atoms with E-state index in [2.05, 4.69) is 50.5 Å². The monoisotopic (exact) mass is 264 g/mol. The van der Waals surface area contributed by atoms with Gasteiger partial charge in [-0.3, -0.25) is 4.99 Å². The highest BCUT2D eigenvalue weighted by Gasteiger charge is 2.12. The second-order valence-electron chi connectivity index (χ2n) is 3.51. The Kier molecular flexibility index (Phi) is 3.56. The van der Waals surface area contributed by atoms with Crippen molar-refractivity contribution in [2.75, 3.05) is 0 Å². The number of aliphatic imine (C=N–C) groups is 1. The molecule has 1 aromatic carbocycles. The number of hydrogen-bond donors (Lipinski definition) is 1. The summed E-state index contributed by atoms with van der Waals surface area (Å²) in [6, 6.07) is 10.8. The summed E-state index contributed by atoms with van der Waals surface area (Å²) >= 11 is 3.51. The Balaban J connectivity index is 1.91. The van der Waals surface area contributed by atoms with Crippen molar-refractivity contribution in [3.63, 3.8) is 0 Å². The molecule has 0 amide bonds. The molecule has 3 heteroatoms. The van der Waals surface area contributed by atoms with Gasteiger partial charge in [-0.1, -0.05) is 46.3 Å². The summed E-state index contributed by atoms with van der Waals surface area (Å²) in [4.78, 5) is 4.37. The SMILES string of the molecule is BrC1=CNC=NC1CCc1ccccc1. The van der Waals surface area contributed by atoms with Crippen LogP contribution in [0.25, 0.3) is 0 Å². The highest BCUT2D eigenvalue weighted by atomic mass is 79.9. The zero-order chi connectivity index (χ0) is 10.5. The summed E-state index contributed by atoms with van der Waals surface area (Å²) in [6.07, 6.45) is 5.80. The number of hydrogen-bond acceptors (Lipinski definition) is 2. The molecule has 0 bridgehead atoms. The first-order valence-electron chi connectivity index (χ1n) is 5.03. The lowest BCUT2D eigenvalue weighted by molar-refractivity contribution is 0.707. The van der Waals surface area contributed by atoms with Crippen molar-refractivity contribution in [1.82, 2.24) is 5.32 Å². The summed E-state index contributed by atoms with van der Waals surface area (Å²) in [5.74, 6) is 0. The summed E-state index contributed by atoms with van der Waals surface area (Å²) in [5.41, 5.74) is 1.37. The molecule has 1 heterocycles. The van der Waals surface area contributed by atoms with Gasteiger partial charge in [0.05, 0.1) is 12.4 Å². The Hall–Kier alpha value is -1.09. The zero-order valence-electron chi connectivity index (χ0n) is 8.36. The Morgan fingerprint density at radius 2 is 2.07 bits per heavy atom. The number of benzene rings is 1. The third-order valence-corrected chi connectivity index (χ3v) is 3.18. The van der Waals surface area contributed by atoms with Crippen molar-refractivity contribution in [2.24, 2.45) is 4.99 Å². The van der Waals surface area contributed by atoms with Crippen LogP contribution in [0.1, 0.15) is 12.0 Å². The normalized spacial score (nSPS) is 19.5. The van der Waals surface area contributed by atoms with Crippen molar-refractivity contribution in [3.05, 3.63) is 46.6 Å². The van der Waals surface area contributed by atoms with Gasteiger partial charge in [-0.05, 0) is 18.4 Å². The number of nitrogens with zero attached hydrogens (tertiary/aromatic N) is 1. The van der Waals surface area contributed by atoms with Crippen molar-refractivity contribution in [1.29, 1.82) is 0 Å². The highest BCUT2D eigenvalue weighted by Crippen LogP contribution is 2.20.